The number of anilines is 1. The number of nitrogens with one attached hydrogen (secondary N) is 1. The molecule has 0 spiro atoms. The highest BCUT2D eigenvalue weighted by Gasteiger charge is 2.39. The van der Waals surface area contributed by atoms with Crippen molar-refractivity contribution in [3.8, 4) is 0 Å². The van der Waals surface area contributed by atoms with E-state index in [0.29, 0.717) is 5.69 Å². The summed E-state index contributed by atoms with van der Waals surface area (Å²) >= 11 is 0. The van der Waals surface area contributed by atoms with Crippen LogP contribution < -0.4 is 5.73 Å². The maximum Gasteiger partial charge on any atom is 0.0866 e. The van der Waals surface area contributed by atoms with Crippen molar-refractivity contribution in [2.45, 2.75) is 58.0 Å². The van der Waals surface area contributed by atoms with E-state index in [9.17, 15) is 5.11 Å². The van der Waals surface area contributed by atoms with E-state index in [0.717, 1.165) is 36.8 Å². The molecule has 1 aromatic carbocycles. The van der Waals surface area contributed by atoms with E-state index in [1.165, 1.54) is 36.6 Å². The van der Waals surface area contributed by atoms with Gasteiger partial charge in [-0.05, 0) is 48.3 Å². The zero-order valence-electron chi connectivity index (χ0n) is 12.2. The van der Waals surface area contributed by atoms with Gasteiger partial charge in [0, 0.05) is 23.0 Å². The molecule has 0 amide bonds. The highest BCUT2D eigenvalue weighted by Crippen LogP contribution is 2.49. The number of fused-ring (bicyclic) bond motifs is 1. The summed E-state index contributed by atoms with van der Waals surface area (Å²) in [5.41, 5.74) is 11.0. The molecule has 0 aromatic heterocycles. The molecule has 108 valence electrons. The lowest BCUT2D eigenvalue weighted by Crippen LogP contribution is -2.31. The summed E-state index contributed by atoms with van der Waals surface area (Å²) in [6.45, 7) is 2.19. The molecule has 2 aliphatic carbocycles. The van der Waals surface area contributed by atoms with E-state index in [1.54, 1.807) is 0 Å². The van der Waals surface area contributed by atoms with Gasteiger partial charge in [-0.1, -0.05) is 26.2 Å². The van der Waals surface area contributed by atoms with Crippen LogP contribution in [0.5, 0.6) is 0 Å². The quantitative estimate of drug-likeness (QED) is 0.583. The first-order valence-electron chi connectivity index (χ1n) is 7.69. The van der Waals surface area contributed by atoms with E-state index >= 15 is 0 Å². The molecule has 1 atom stereocenters. The summed E-state index contributed by atoms with van der Waals surface area (Å²) in [6.07, 6.45) is 8.68. The third kappa shape index (κ3) is 1.96. The standard InChI is InChI=1S/C17H24N2O/c1-17(7-3-2-4-8-17)16(20)14-13-6-5-11(13)9-12(10-18)15(14)19/h9-10,16,18,20H,2-8,19H2,1H3. The van der Waals surface area contributed by atoms with Crippen LogP contribution in [0.3, 0.4) is 0 Å². The van der Waals surface area contributed by atoms with Crippen molar-refractivity contribution in [1.29, 1.82) is 5.41 Å². The van der Waals surface area contributed by atoms with Crippen LogP contribution >= 0.6 is 0 Å². The first-order valence-corrected chi connectivity index (χ1v) is 7.69. The molecule has 3 nitrogen and oxygen atoms in total. The van der Waals surface area contributed by atoms with Gasteiger partial charge in [0.2, 0.25) is 0 Å². The molecule has 1 unspecified atom stereocenters. The third-order valence-corrected chi connectivity index (χ3v) is 5.37. The lowest BCUT2D eigenvalue weighted by atomic mass is 9.67. The van der Waals surface area contributed by atoms with Gasteiger partial charge in [0.15, 0.2) is 0 Å². The predicted molar refractivity (Wildman–Crippen MR) is 82.3 cm³/mol. The number of hydrogen-bond donors (Lipinski definition) is 3. The highest BCUT2D eigenvalue weighted by molar-refractivity contribution is 5.88. The van der Waals surface area contributed by atoms with Crippen LogP contribution in [0.15, 0.2) is 6.07 Å². The monoisotopic (exact) mass is 272 g/mol. The molecule has 0 bridgehead atoms. The van der Waals surface area contributed by atoms with E-state index in [4.69, 9.17) is 11.1 Å². The number of hydrogen-bond acceptors (Lipinski definition) is 3. The van der Waals surface area contributed by atoms with Crippen molar-refractivity contribution < 1.29 is 5.11 Å². The lowest BCUT2D eigenvalue weighted by molar-refractivity contribution is 0.00782. The molecule has 1 aromatic rings. The Balaban J connectivity index is 2.05. The van der Waals surface area contributed by atoms with Crippen LogP contribution in [0.1, 0.15) is 67.4 Å². The first-order chi connectivity index (χ1) is 9.57. The molecule has 3 rings (SSSR count). The minimum absolute atomic E-state index is 0.0591. The predicted octanol–water partition coefficient (Wildman–Crippen LogP) is 3.37. The average Bonchev–Trinajstić information content (AvgIpc) is 2.42. The van der Waals surface area contributed by atoms with Gasteiger partial charge in [0.05, 0.1) is 6.10 Å². The largest absolute Gasteiger partial charge is 0.398 e. The Morgan fingerprint density at radius 2 is 2.00 bits per heavy atom. The number of benzene rings is 1. The van der Waals surface area contributed by atoms with Gasteiger partial charge in [-0.3, -0.25) is 0 Å². The Labute approximate surface area is 120 Å². The Bertz CT molecular complexity index is 544. The molecule has 20 heavy (non-hydrogen) atoms. The Kier molecular flexibility index (Phi) is 3.33. The van der Waals surface area contributed by atoms with E-state index < -0.39 is 6.10 Å². The summed E-state index contributed by atoms with van der Waals surface area (Å²) in [7, 11) is 0. The molecule has 0 aliphatic heterocycles. The second-order valence-corrected chi connectivity index (χ2v) is 6.69. The fourth-order valence-electron chi connectivity index (χ4n) is 3.86. The highest BCUT2D eigenvalue weighted by atomic mass is 16.3. The number of aliphatic hydroxyl groups excluding tert-OH is 1. The minimum Gasteiger partial charge on any atom is -0.398 e. The number of nitrogen functional groups attached to an aromatic ring is 1. The summed E-state index contributed by atoms with van der Waals surface area (Å²) in [5.74, 6) is 0. The van der Waals surface area contributed by atoms with Crippen molar-refractivity contribution >= 4 is 11.9 Å². The summed E-state index contributed by atoms with van der Waals surface area (Å²) < 4.78 is 0. The van der Waals surface area contributed by atoms with Crippen molar-refractivity contribution in [3.05, 3.63) is 28.3 Å². The third-order valence-electron chi connectivity index (χ3n) is 5.37. The second-order valence-electron chi connectivity index (χ2n) is 6.69. The molecule has 0 saturated heterocycles. The van der Waals surface area contributed by atoms with E-state index in [-0.39, 0.29) is 5.41 Å². The minimum atomic E-state index is -0.489. The van der Waals surface area contributed by atoms with Gasteiger partial charge in [0.1, 0.15) is 0 Å². The molecule has 0 heterocycles. The van der Waals surface area contributed by atoms with Crippen LogP contribution in [0, 0.1) is 10.8 Å². The fourth-order valence-corrected chi connectivity index (χ4v) is 3.86. The second kappa shape index (κ2) is 4.88. The molecule has 4 N–H and O–H groups in total. The first kappa shape index (κ1) is 13.6. The van der Waals surface area contributed by atoms with Gasteiger partial charge in [0.25, 0.3) is 0 Å². The normalized spacial score (nSPS) is 21.7. The molecular weight excluding hydrogens is 248 g/mol. The Hall–Kier alpha value is -1.35. The maximum atomic E-state index is 11.0. The van der Waals surface area contributed by atoms with Gasteiger partial charge in [-0.25, -0.2) is 0 Å². The van der Waals surface area contributed by atoms with Crippen LogP contribution in [0.4, 0.5) is 5.69 Å². The zero-order valence-corrected chi connectivity index (χ0v) is 12.2. The number of nitrogens with two attached hydrogens (primary N) is 1. The number of rotatable bonds is 3. The Morgan fingerprint density at radius 3 is 2.55 bits per heavy atom. The van der Waals surface area contributed by atoms with Crippen LogP contribution in [0.25, 0.3) is 0 Å². The number of aliphatic hydroxyl groups is 1. The molecule has 0 radical (unpaired) electrons. The number of aryl methyl sites for hydroxylation is 1. The van der Waals surface area contributed by atoms with Gasteiger partial charge in [-0.15, -0.1) is 0 Å². The van der Waals surface area contributed by atoms with Crippen LogP contribution in [-0.2, 0) is 12.8 Å². The zero-order chi connectivity index (χ0) is 14.3. The van der Waals surface area contributed by atoms with Gasteiger partial charge < -0.3 is 16.2 Å². The molecule has 1 saturated carbocycles. The van der Waals surface area contributed by atoms with Gasteiger partial charge >= 0.3 is 0 Å². The van der Waals surface area contributed by atoms with Gasteiger partial charge in [-0.2, -0.15) is 0 Å². The van der Waals surface area contributed by atoms with Crippen LogP contribution in [0.2, 0.25) is 0 Å². The van der Waals surface area contributed by atoms with E-state index in [1.807, 2.05) is 6.07 Å². The van der Waals surface area contributed by atoms with E-state index in [2.05, 4.69) is 6.92 Å². The van der Waals surface area contributed by atoms with Crippen LogP contribution in [-0.4, -0.2) is 11.3 Å². The fraction of sp³-hybridized carbons (Fsp3) is 0.588. The lowest BCUT2D eigenvalue weighted by Gasteiger charge is -2.41. The average molecular weight is 272 g/mol. The Morgan fingerprint density at radius 1 is 1.30 bits per heavy atom. The summed E-state index contributed by atoms with van der Waals surface area (Å²) in [5, 5.41) is 18.5. The molecule has 1 fully saturated rings. The topological polar surface area (TPSA) is 70.1 Å². The SMILES string of the molecule is CC1(C(O)c2c(N)c(C=N)cc3c2CC3)CCCCC1. The smallest absolute Gasteiger partial charge is 0.0866 e. The summed E-state index contributed by atoms with van der Waals surface area (Å²) in [4.78, 5) is 0. The maximum absolute atomic E-state index is 11.0. The summed E-state index contributed by atoms with van der Waals surface area (Å²) in [6, 6.07) is 2.01. The van der Waals surface area contributed by atoms with Crippen molar-refractivity contribution in [2.75, 3.05) is 5.73 Å². The molecular formula is C17H24N2O. The van der Waals surface area contributed by atoms with Crippen molar-refractivity contribution in [2.24, 2.45) is 5.41 Å². The van der Waals surface area contributed by atoms with Crippen molar-refractivity contribution in [3.63, 3.8) is 0 Å². The molecule has 2 aliphatic rings. The van der Waals surface area contributed by atoms with Crippen molar-refractivity contribution in [1.82, 2.24) is 0 Å². The molecule has 3 heteroatoms.